The maximum absolute atomic E-state index is 11.6. The average molecular weight is 221 g/mol. The third kappa shape index (κ3) is 1.71. The van der Waals surface area contributed by atoms with Crippen molar-refractivity contribution >= 4 is 5.78 Å². The van der Waals surface area contributed by atoms with Crippen molar-refractivity contribution in [3.8, 4) is 0 Å². The lowest BCUT2D eigenvalue weighted by Gasteiger charge is -2.44. The molecule has 0 radical (unpaired) electrons. The molecule has 4 unspecified atom stereocenters. The van der Waals surface area contributed by atoms with Crippen molar-refractivity contribution in [3.63, 3.8) is 0 Å². The molecule has 0 N–H and O–H groups in total. The number of fused-ring (bicyclic) bond motifs is 2. The maximum atomic E-state index is 11.6. The summed E-state index contributed by atoms with van der Waals surface area (Å²) in [6.45, 7) is 2.42. The molecular formula is C14H23NO. The minimum absolute atomic E-state index is 0.521. The Kier molecular flexibility index (Phi) is 2.78. The van der Waals surface area contributed by atoms with E-state index in [1.165, 1.54) is 38.5 Å². The fourth-order valence-corrected chi connectivity index (χ4v) is 4.29. The average Bonchev–Trinajstić information content (AvgIpc) is 2.53. The van der Waals surface area contributed by atoms with E-state index in [2.05, 4.69) is 11.8 Å². The monoisotopic (exact) mass is 221 g/mol. The summed E-state index contributed by atoms with van der Waals surface area (Å²) in [5.74, 6) is 1.37. The molecule has 2 saturated heterocycles. The summed E-state index contributed by atoms with van der Waals surface area (Å²) in [7, 11) is 0. The SMILES string of the molecule is CC1CCCCC1N1C2CCC1CC(=O)C2. The summed E-state index contributed by atoms with van der Waals surface area (Å²) in [5, 5.41) is 0. The van der Waals surface area contributed by atoms with Crippen LogP contribution in [0.1, 0.15) is 58.3 Å². The van der Waals surface area contributed by atoms with Crippen molar-refractivity contribution in [3.05, 3.63) is 0 Å². The van der Waals surface area contributed by atoms with Gasteiger partial charge in [0.1, 0.15) is 5.78 Å². The van der Waals surface area contributed by atoms with Crippen LogP contribution in [0.25, 0.3) is 0 Å². The molecule has 0 aromatic heterocycles. The third-order valence-corrected chi connectivity index (χ3v) is 5.05. The summed E-state index contributed by atoms with van der Waals surface area (Å²) < 4.78 is 0. The van der Waals surface area contributed by atoms with E-state index in [9.17, 15) is 4.79 Å². The second-order valence-electron chi connectivity index (χ2n) is 6.11. The van der Waals surface area contributed by atoms with Gasteiger partial charge in [-0.25, -0.2) is 0 Å². The third-order valence-electron chi connectivity index (χ3n) is 5.05. The Morgan fingerprint density at radius 3 is 2.25 bits per heavy atom. The van der Waals surface area contributed by atoms with Crippen molar-refractivity contribution in [2.75, 3.05) is 0 Å². The molecule has 2 heterocycles. The van der Waals surface area contributed by atoms with E-state index in [1.54, 1.807) is 0 Å². The lowest BCUT2D eigenvalue weighted by Crippen LogP contribution is -2.52. The molecule has 3 aliphatic rings. The molecule has 2 aliphatic heterocycles. The maximum Gasteiger partial charge on any atom is 0.136 e. The molecule has 2 nitrogen and oxygen atoms in total. The molecule has 0 amide bonds. The molecule has 16 heavy (non-hydrogen) atoms. The van der Waals surface area contributed by atoms with Crippen LogP contribution < -0.4 is 0 Å². The molecule has 2 bridgehead atoms. The van der Waals surface area contributed by atoms with Gasteiger partial charge >= 0.3 is 0 Å². The first-order valence-corrected chi connectivity index (χ1v) is 7.05. The van der Waals surface area contributed by atoms with Gasteiger partial charge in [0.15, 0.2) is 0 Å². The molecule has 3 fully saturated rings. The van der Waals surface area contributed by atoms with E-state index in [-0.39, 0.29) is 0 Å². The summed E-state index contributed by atoms with van der Waals surface area (Å²) in [4.78, 5) is 14.4. The van der Waals surface area contributed by atoms with Crippen LogP contribution in [-0.2, 0) is 4.79 Å². The molecule has 3 rings (SSSR count). The molecule has 0 spiro atoms. The number of carbonyl (C=O) groups excluding carboxylic acids is 1. The van der Waals surface area contributed by atoms with E-state index in [0.717, 1.165) is 24.8 Å². The molecular weight excluding hydrogens is 198 g/mol. The van der Waals surface area contributed by atoms with E-state index in [4.69, 9.17) is 0 Å². The standard InChI is InChI=1S/C14H23NO/c1-10-4-2-3-5-14(10)15-11-6-7-12(15)9-13(16)8-11/h10-12,14H,2-9H2,1H3. The number of ketones is 1. The Bertz CT molecular complexity index is 272. The zero-order chi connectivity index (χ0) is 11.1. The van der Waals surface area contributed by atoms with Crippen LogP contribution in [0.4, 0.5) is 0 Å². The number of Topliss-reactive ketones (excluding diaryl/α,β-unsaturated/α-hetero) is 1. The van der Waals surface area contributed by atoms with Gasteiger partial charge in [-0.3, -0.25) is 9.69 Å². The highest BCUT2D eigenvalue weighted by atomic mass is 16.1. The van der Waals surface area contributed by atoms with E-state index < -0.39 is 0 Å². The second kappa shape index (κ2) is 4.14. The molecule has 4 atom stereocenters. The first-order chi connectivity index (χ1) is 7.75. The number of rotatable bonds is 1. The fraction of sp³-hybridized carbons (Fsp3) is 0.929. The summed E-state index contributed by atoms with van der Waals surface area (Å²) in [6.07, 6.45) is 9.84. The van der Waals surface area contributed by atoms with Gasteiger partial charge in [-0.15, -0.1) is 0 Å². The molecule has 90 valence electrons. The Balaban J connectivity index is 1.77. The quantitative estimate of drug-likeness (QED) is 0.678. The summed E-state index contributed by atoms with van der Waals surface area (Å²) >= 11 is 0. The van der Waals surface area contributed by atoms with Crippen molar-refractivity contribution in [2.24, 2.45) is 5.92 Å². The first-order valence-electron chi connectivity index (χ1n) is 7.05. The first kappa shape index (κ1) is 10.8. The van der Waals surface area contributed by atoms with Gasteiger partial charge in [0.05, 0.1) is 0 Å². The van der Waals surface area contributed by atoms with Crippen molar-refractivity contribution in [2.45, 2.75) is 76.4 Å². The van der Waals surface area contributed by atoms with Gasteiger partial charge in [-0.2, -0.15) is 0 Å². The van der Waals surface area contributed by atoms with Crippen LogP contribution in [0.5, 0.6) is 0 Å². The zero-order valence-corrected chi connectivity index (χ0v) is 10.3. The normalized spacial score (nSPS) is 44.9. The lowest BCUT2D eigenvalue weighted by molar-refractivity contribution is -0.125. The van der Waals surface area contributed by atoms with Crippen molar-refractivity contribution in [1.29, 1.82) is 0 Å². The number of nitrogens with zero attached hydrogens (tertiary/aromatic N) is 1. The molecule has 1 saturated carbocycles. The van der Waals surface area contributed by atoms with Crippen LogP contribution in [0, 0.1) is 5.92 Å². The Morgan fingerprint density at radius 2 is 1.62 bits per heavy atom. The number of piperidine rings is 1. The van der Waals surface area contributed by atoms with Gasteiger partial charge in [0.25, 0.3) is 0 Å². The highest BCUT2D eigenvalue weighted by Crippen LogP contribution is 2.40. The number of hydrogen-bond donors (Lipinski definition) is 0. The van der Waals surface area contributed by atoms with Gasteiger partial charge in [0, 0.05) is 31.0 Å². The van der Waals surface area contributed by atoms with Crippen LogP contribution in [0.15, 0.2) is 0 Å². The number of carbonyl (C=O) groups is 1. The van der Waals surface area contributed by atoms with Gasteiger partial charge in [-0.1, -0.05) is 19.8 Å². The van der Waals surface area contributed by atoms with Crippen LogP contribution in [0.2, 0.25) is 0 Å². The summed E-state index contributed by atoms with van der Waals surface area (Å²) in [6, 6.07) is 2.01. The highest BCUT2D eigenvalue weighted by Gasteiger charge is 2.44. The molecule has 2 heteroatoms. The predicted octanol–water partition coefficient (Wildman–Crippen LogP) is 2.76. The topological polar surface area (TPSA) is 20.3 Å². The predicted molar refractivity (Wildman–Crippen MR) is 64.3 cm³/mol. The largest absolute Gasteiger partial charge is 0.300 e. The highest BCUT2D eigenvalue weighted by molar-refractivity contribution is 5.81. The molecule has 1 aliphatic carbocycles. The smallest absolute Gasteiger partial charge is 0.136 e. The van der Waals surface area contributed by atoms with E-state index in [0.29, 0.717) is 17.9 Å². The van der Waals surface area contributed by atoms with E-state index >= 15 is 0 Å². The van der Waals surface area contributed by atoms with Gasteiger partial charge < -0.3 is 0 Å². The minimum atomic E-state index is 0.521. The van der Waals surface area contributed by atoms with Crippen LogP contribution in [-0.4, -0.2) is 28.8 Å². The van der Waals surface area contributed by atoms with Crippen LogP contribution >= 0.6 is 0 Å². The van der Waals surface area contributed by atoms with Gasteiger partial charge in [0.2, 0.25) is 0 Å². The molecule has 0 aromatic carbocycles. The Hall–Kier alpha value is -0.370. The molecule has 0 aromatic rings. The summed E-state index contributed by atoms with van der Waals surface area (Å²) in [5.41, 5.74) is 0. The Labute approximate surface area is 98.4 Å². The van der Waals surface area contributed by atoms with Crippen molar-refractivity contribution < 1.29 is 4.79 Å². The Morgan fingerprint density at radius 1 is 1.00 bits per heavy atom. The van der Waals surface area contributed by atoms with Crippen LogP contribution in [0.3, 0.4) is 0 Å². The fourth-order valence-electron chi connectivity index (χ4n) is 4.29. The van der Waals surface area contributed by atoms with Crippen molar-refractivity contribution in [1.82, 2.24) is 4.90 Å². The van der Waals surface area contributed by atoms with Gasteiger partial charge in [-0.05, 0) is 31.6 Å². The zero-order valence-electron chi connectivity index (χ0n) is 10.3. The number of hydrogen-bond acceptors (Lipinski definition) is 2. The lowest BCUT2D eigenvalue weighted by atomic mass is 9.82. The van der Waals surface area contributed by atoms with E-state index in [1.807, 2.05) is 0 Å². The second-order valence-corrected chi connectivity index (χ2v) is 6.11. The minimum Gasteiger partial charge on any atom is -0.300 e.